The van der Waals surface area contributed by atoms with Gasteiger partial charge in [0.15, 0.2) is 35.1 Å². The minimum absolute atomic E-state index is 0.0714. The van der Waals surface area contributed by atoms with E-state index in [9.17, 15) is 10.2 Å². The Hall–Kier alpha value is -2.63. The molecule has 32 heavy (non-hydrogen) atoms. The molecule has 0 unspecified atom stereocenters. The van der Waals surface area contributed by atoms with Crippen LogP contribution in [-0.4, -0.2) is 58.1 Å². The lowest BCUT2D eigenvalue weighted by atomic mass is 9.95. The van der Waals surface area contributed by atoms with Gasteiger partial charge in [-0.15, -0.1) is 0 Å². The monoisotopic (exact) mass is 441 g/mol. The number of aliphatic hydroxyl groups is 2. The van der Waals surface area contributed by atoms with Gasteiger partial charge in [0.05, 0.1) is 6.33 Å². The lowest BCUT2D eigenvalue weighted by Crippen LogP contribution is -2.29. The Morgan fingerprint density at radius 1 is 1.12 bits per heavy atom. The van der Waals surface area contributed by atoms with Crippen molar-refractivity contribution in [2.45, 2.75) is 76.0 Å². The molecule has 11 nitrogen and oxygen atoms in total. The van der Waals surface area contributed by atoms with Crippen LogP contribution in [0.3, 0.4) is 0 Å². The zero-order valence-electron chi connectivity index (χ0n) is 18.0. The molecule has 2 saturated carbocycles. The molecule has 11 heteroatoms. The molecule has 0 amide bonds. The summed E-state index contributed by atoms with van der Waals surface area (Å²) in [6.07, 6.45) is 3.79. The van der Waals surface area contributed by atoms with Crippen molar-refractivity contribution in [1.29, 1.82) is 0 Å². The van der Waals surface area contributed by atoms with Crippen LogP contribution in [0.15, 0.2) is 17.2 Å². The van der Waals surface area contributed by atoms with E-state index in [0.29, 0.717) is 34.8 Å². The van der Waals surface area contributed by atoms with Crippen LogP contribution >= 0.6 is 0 Å². The fraction of sp³-hybridized carbons (Fsp3) is 0.667. The Kier molecular flexibility index (Phi) is 4.67. The quantitative estimate of drug-likeness (QED) is 0.537. The second-order valence-electron chi connectivity index (χ2n) is 9.55. The number of nitrogens with zero attached hydrogens (tertiary/aromatic N) is 6. The van der Waals surface area contributed by atoms with Gasteiger partial charge in [-0.25, -0.2) is 15.0 Å². The Morgan fingerprint density at radius 2 is 2.00 bits per heavy atom. The molecule has 2 bridgehead atoms. The standard InChI is InChI=1S/C21H27N7O4/c1-9(2)17-26-20(32-27-17)16-14(29)15(30)21(31-16)28-8-24-13-18(22-7-23-19(13)28)25-12-6-10-3-4-11(12)5-10/h7-12,14-16,21,29-30H,3-6H2,1-2H3,(H,22,23,25)/t10-,11+,12-,14+,15-,16+,21-/m1/s1. The Morgan fingerprint density at radius 3 is 2.72 bits per heavy atom. The van der Waals surface area contributed by atoms with Gasteiger partial charge < -0.3 is 24.8 Å². The summed E-state index contributed by atoms with van der Waals surface area (Å²) >= 11 is 0. The van der Waals surface area contributed by atoms with Crippen LogP contribution in [-0.2, 0) is 4.74 Å². The molecule has 0 aromatic carbocycles. The fourth-order valence-electron chi connectivity index (χ4n) is 5.43. The molecule has 3 fully saturated rings. The zero-order valence-corrected chi connectivity index (χ0v) is 18.0. The van der Waals surface area contributed by atoms with Gasteiger partial charge >= 0.3 is 0 Å². The number of fused-ring (bicyclic) bond motifs is 3. The number of nitrogens with one attached hydrogen (secondary N) is 1. The average Bonchev–Trinajstić information content (AvgIpc) is 3.58. The highest BCUT2D eigenvalue weighted by molar-refractivity contribution is 5.82. The minimum atomic E-state index is -1.23. The van der Waals surface area contributed by atoms with Crippen molar-refractivity contribution in [2.75, 3.05) is 5.32 Å². The number of hydrogen-bond acceptors (Lipinski definition) is 10. The molecule has 3 aromatic heterocycles. The van der Waals surface area contributed by atoms with Crippen molar-refractivity contribution in [2.24, 2.45) is 11.8 Å². The van der Waals surface area contributed by atoms with E-state index in [4.69, 9.17) is 9.26 Å². The lowest BCUT2D eigenvalue weighted by molar-refractivity contribution is -0.0451. The van der Waals surface area contributed by atoms with Crippen LogP contribution in [0.1, 0.15) is 69.5 Å². The number of aliphatic hydroxyl groups excluding tert-OH is 2. The summed E-state index contributed by atoms with van der Waals surface area (Å²) in [6, 6.07) is 0.407. The first kappa shape index (κ1) is 20.0. The number of anilines is 1. The molecule has 4 heterocycles. The van der Waals surface area contributed by atoms with E-state index < -0.39 is 24.5 Å². The number of hydrogen-bond donors (Lipinski definition) is 3. The van der Waals surface area contributed by atoms with Crippen molar-refractivity contribution in [3.05, 3.63) is 24.4 Å². The summed E-state index contributed by atoms with van der Waals surface area (Å²) in [7, 11) is 0. The van der Waals surface area contributed by atoms with Gasteiger partial charge in [-0.05, 0) is 31.1 Å². The van der Waals surface area contributed by atoms with Crippen molar-refractivity contribution < 1.29 is 19.5 Å². The SMILES string of the molecule is CC(C)c1noc([C@H]2O[C@@H](n3cnc4c(N[C@@H]5C[C@@H]6CC[C@H]5C6)ncnc43)[C@H](O)[C@@H]2O)n1. The highest BCUT2D eigenvalue weighted by Crippen LogP contribution is 2.46. The molecular formula is C21H27N7O4. The van der Waals surface area contributed by atoms with Crippen LogP contribution in [0, 0.1) is 11.8 Å². The first-order chi connectivity index (χ1) is 15.5. The Labute approximate surface area is 184 Å². The molecule has 1 saturated heterocycles. The third kappa shape index (κ3) is 3.10. The topological polar surface area (TPSA) is 144 Å². The van der Waals surface area contributed by atoms with E-state index in [1.165, 1.54) is 25.6 Å². The summed E-state index contributed by atoms with van der Waals surface area (Å²) in [5, 5.41) is 28.9. The van der Waals surface area contributed by atoms with E-state index in [1.807, 2.05) is 13.8 Å². The first-order valence-electron chi connectivity index (χ1n) is 11.3. The maximum absolute atomic E-state index is 10.7. The van der Waals surface area contributed by atoms with E-state index in [2.05, 4.69) is 30.4 Å². The van der Waals surface area contributed by atoms with Crippen molar-refractivity contribution in [1.82, 2.24) is 29.7 Å². The van der Waals surface area contributed by atoms with Crippen molar-refractivity contribution in [3.8, 4) is 0 Å². The molecule has 0 spiro atoms. The van der Waals surface area contributed by atoms with E-state index in [0.717, 1.165) is 12.3 Å². The van der Waals surface area contributed by atoms with Crippen LogP contribution in [0.2, 0.25) is 0 Å². The number of aromatic nitrogens is 6. The molecule has 1 aliphatic heterocycles. The summed E-state index contributed by atoms with van der Waals surface area (Å²) < 4.78 is 12.9. The average molecular weight is 441 g/mol. The molecule has 170 valence electrons. The second kappa shape index (κ2) is 7.46. The molecule has 7 atom stereocenters. The molecule has 6 rings (SSSR count). The zero-order chi connectivity index (χ0) is 22.0. The van der Waals surface area contributed by atoms with Crippen molar-refractivity contribution in [3.63, 3.8) is 0 Å². The van der Waals surface area contributed by atoms with Crippen molar-refractivity contribution >= 4 is 17.0 Å². The summed E-state index contributed by atoms with van der Waals surface area (Å²) in [6.45, 7) is 3.88. The number of imidazole rings is 1. The maximum Gasteiger partial charge on any atom is 0.258 e. The van der Waals surface area contributed by atoms with E-state index >= 15 is 0 Å². The number of ether oxygens (including phenoxy) is 1. The van der Waals surface area contributed by atoms with Gasteiger partial charge in [0.25, 0.3) is 5.89 Å². The largest absolute Gasteiger partial charge is 0.387 e. The van der Waals surface area contributed by atoms with Crippen LogP contribution in [0.4, 0.5) is 5.82 Å². The predicted octanol–water partition coefficient (Wildman–Crippen LogP) is 1.93. The number of rotatable bonds is 5. The molecule has 3 aromatic rings. The Balaban J connectivity index is 1.27. The Bertz CT molecular complexity index is 1130. The molecule has 0 radical (unpaired) electrons. The van der Waals surface area contributed by atoms with Gasteiger partial charge in [0.1, 0.15) is 18.5 Å². The lowest BCUT2D eigenvalue weighted by Gasteiger charge is -2.23. The molecule has 3 aliphatic rings. The predicted molar refractivity (Wildman–Crippen MR) is 111 cm³/mol. The highest BCUT2D eigenvalue weighted by atomic mass is 16.6. The van der Waals surface area contributed by atoms with Gasteiger partial charge in [-0.3, -0.25) is 4.57 Å². The summed E-state index contributed by atoms with van der Waals surface area (Å²) in [5.74, 6) is 2.92. The van der Waals surface area contributed by atoms with Crippen LogP contribution in [0.5, 0.6) is 0 Å². The van der Waals surface area contributed by atoms with Gasteiger partial charge in [-0.2, -0.15) is 4.98 Å². The van der Waals surface area contributed by atoms with Gasteiger partial charge in [0, 0.05) is 12.0 Å². The minimum Gasteiger partial charge on any atom is -0.387 e. The van der Waals surface area contributed by atoms with Gasteiger partial charge in [-0.1, -0.05) is 25.4 Å². The maximum atomic E-state index is 10.7. The molecule has 2 aliphatic carbocycles. The first-order valence-corrected chi connectivity index (χ1v) is 11.3. The fourth-order valence-corrected chi connectivity index (χ4v) is 5.43. The van der Waals surface area contributed by atoms with E-state index in [-0.39, 0.29) is 11.8 Å². The third-order valence-electron chi connectivity index (χ3n) is 7.15. The summed E-state index contributed by atoms with van der Waals surface area (Å²) in [4.78, 5) is 17.6. The molecular weight excluding hydrogens is 414 g/mol. The highest BCUT2D eigenvalue weighted by Gasteiger charge is 2.48. The second-order valence-corrected chi connectivity index (χ2v) is 9.55. The van der Waals surface area contributed by atoms with Crippen LogP contribution < -0.4 is 5.32 Å². The van der Waals surface area contributed by atoms with Gasteiger partial charge in [0.2, 0.25) is 0 Å². The summed E-state index contributed by atoms with van der Waals surface area (Å²) in [5.41, 5.74) is 1.14. The smallest absolute Gasteiger partial charge is 0.258 e. The molecule has 3 N–H and O–H groups in total. The third-order valence-corrected chi connectivity index (χ3v) is 7.15. The van der Waals surface area contributed by atoms with Crippen LogP contribution in [0.25, 0.3) is 11.2 Å². The van der Waals surface area contributed by atoms with E-state index in [1.54, 1.807) is 10.9 Å². The normalized spacial score (nSPS) is 34.2.